The molecule has 2 nitrogen and oxygen atoms in total. The first-order chi connectivity index (χ1) is 27.3. The highest BCUT2D eigenvalue weighted by molar-refractivity contribution is 7.00. The normalized spacial score (nSPS) is 14.7. The zero-order chi connectivity index (χ0) is 36.3. The smallest absolute Gasteiger partial charge is 0.252 e. The van der Waals surface area contributed by atoms with Crippen molar-refractivity contribution in [1.29, 1.82) is 0 Å². The van der Waals surface area contributed by atoms with Crippen LogP contribution in [0.4, 0.5) is 34.1 Å². The molecule has 0 atom stereocenters. The Labute approximate surface area is 324 Å². The summed E-state index contributed by atoms with van der Waals surface area (Å²) in [5.74, 6) is 0.552. The van der Waals surface area contributed by atoms with Crippen molar-refractivity contribution in [2.75, 3.05) is 9.80 Å². The molecule has 0 N–H and O–H groups in total. The van der Waals surface area contributed by atoms with Gasteiger partial charge in [0.1, 0.15) is 0 Å². The van der Waals surface area contributed by atoms with Crippen LogP contribution >= 0.6 is 0 Å². The molecule has 1 saturated carbocycles. The third-order valence-electron chi connectivity index (χ3n) is 12.4. The molecule has 0 bridgehead atoms. The van der Waals surface area contributed by atoms with Crippen LogP contribution in [0.2, 0.25) is 0 Å². The average molecular weight is 705 g/mol. The van der Waals surface area contributed by atoms with E-state index in [1.54, 1.807) is 0 Å². The van der Waals surface area contributed by atoms with Crippen LogP contribution in [0, 0.1) is 0 Å². The van der Waals surface area contributed by atoms with Gasteiger partial charge in [0, 0.05) is 34.1 Å². The van der Waals surface area contributed by atoms with Crippen molar-refractivity contribution >= 4 is 68.0 Å². The van der Waals surface area contributed by atoms with E-state index < -0.39 is 0 Å². The SMILES string of the molecule is c1ccc(-c2cccc(N3c4ccccc4B4c5ccccc5N(c5ccc(-c6cccc7ccccc67)cc5)c5cc(C6CCCCC6)cc3c54)c2)cc1. The van der Waals surface area contributed by atoms with Crippen molar-refractivity contribution in [3.05, 3.63) is 188 Å². The van der Waals surface area contributed by atoms with Crippen molar-refractivity contribution < 1.29 is 0 Å². The molecule has 0 saturated heterocycles. The number of hydrogen-bond donors (Lipinski definition) is 0. The molecular formula is C52H41BN2. The molecule has 3 heteroatoms. The van der Waals surface area contributed by atoms with E-state index >= 15 is 0 Å². The molecule has 1 aliphatic carbocycles. The summed E-state index contributed by atoms with van der Waals surface area (Å²) < 4.78 is 0. The van der Waals surface area contributed by atoms with Crippen LogP contribution in [0.1, 0.15) is 43.6 Å². The summed E-state index contributed by atoms with van der Waals surface area (Å²) in [6.07, 6.45) is 6.43. The fourth-order valence-corrected chi connectivity index (χ4v) is 9.87. The van der Waals surface area contributed by atoms with E-state index in [-0.39, 0.29) is 6.71 Å². The van der Waals surface area contributed by atoms with Gasteiger partial charge < -0.3 is 9.80 Å². The predicted octanol–water partition coefficient (Wildman–Crippen LogP) is 12.3. The van der Waals surface area contributed by atoms with Gasteiger partial charge in [0.15, 0.2) is 0 Å². The third-order valence-corrected chi connectivity index (χ3v) is 12.4. The molecule has 0 spiro atoms. The molecule has 8 aromatic rings. The van der Waals surface area contributed by atoms with Gasteiger partial charge in [-0.05, 0) is 122 Å². The first-order valence-corrected chi connectivity index (χ1v) is 20.0. The summed E-state index contributed by atoms with van der Waals surface area (Å²) >= 11 is 0. The quantitative estimate of drug-likeness (QED) is 0.165. The molecule has 2 aliphatic heterocycles. The monoisotopic (exact) mass is 704 g/mol. The van der Waals surface area contributed by atoms with Crippen molar-refractivity contribution in [1.82, 2.24) is 0 Å². The van der Waals surface area contributed by atoms with Crippen LogP contribution in [-0.4, -0.2) is 6.71 Å². The Morgan fingerprint density at radius 3 is 1.76 bits per heavy atom. The van der Waals surface area contributed by atoms with Crippen molar-refractivity contribution in [3.63, 3.8) is 0 Å². The molecule has 0 unspecified atom stereocenters. The Hall–Kier alpha value is -6.32. The van der Waals surface area contributed by atoms with E-state index in [0.29, 0.717) is 5.92 Å². The van der Waals surface area contributed by atoms with E-state index in [4.69, 9.17) is 0 Å². The zero-order valence-corrected chi connectivity index (χ0v) is 30.9. The van der Waals surface area contributed by atoms with Gasteiger partial charge in [-0.1, -0.05) is 153 Å². The number of para-hydroxylation sites is 2. The van der Waals surface area contributed by atoms with E-state index in [1.165, 1.54) is 121 Å². The zero-order valence-electron chi connectivity index (χ0n) is 30.9. The minimum atomic E-state index is 0.123. The number of hydrogen-bond acceptors (Lipinski definition) is 2. The summed E-state index contributed by atoms with van der Waals surface area (Å²) in [6, 6.07) is 68.0. The summed E-state index contributed by atoms with van der Waals surface area (Å²) in [4.78, 5) is 5.13. The number of nitrogens with zero attached hydrogens (tertiary/aromatic N) is 2. The van der Waals surface area contributed by atoms with Crippen molar-refractivity contribution in [3.8, 4) is 22.3 Å². The minimum Gasteiger partial charge on any atom is -0.311 e. The topological polar surface area (TPSA) is 6.48 Å². The highest BCUT2D eigenvalue weighted by Gasteiger charge is 2.43. The van der Waals surface area contributed by atoms with Gasteiger partial charge in [-0.15, -0.1) is 0 Å². The van der Waals surface area contributed by atoms with Gasteiger partial charge in [-0.25, -0.2) is 0 Å². The number of fused-ring (bicyclic) bond motifs is 5. The first kappa shape index (κ1) is 32.1. The van der Waals surface area contributed by atoms with Gasteiger partial charge in [-0.3, -0.25) is 0 Å². The van der Waals surface area contributed by atoms with Crippen molar-refractivity contribution in [2.45, 2.75) is 38.0 Å². The first-order valence-electron chi connectivity index (χ1n) is 20.0. The molecule has 262 valence electrons. The maximum Gasteiger partial charge on any atom is 0.252 e. The molecule has 8 aromatic carbocycles. The molecule has 0 aromatic heterocycles. The summed E-state index contributed by atoms with van der Waals surface area (Å²) in [5.41, 5.74) is 18.0. The van der Waals surface area contributed by atoms with Gasteiger partial charge in [0.2, 0.25) is 0 Å². The summed E-state index contributed by atoms with van der Waals surface area (Å²) in [6.45, 7) is 0.123. The summed E-state index contributed by atoms with van der Waals surface area (Å²) in [7, 11) is 0. The predicted molar refractivity (Wildman–Crippen MR) is 235 cm³/mol. The summed E-state index contributed by atoms with van der Waals surface area (Å²) in [5, 5.41) is 2.55. The second-order valence-corrected chi connectivity index (χ2v) is 15.5. The highest BCUT2D eigenvalue weighted by atomic mass is 15.2. The molecular weight excluding hydrogens is 663 g/mol. The van der Waals surface area contributed by atoms with Crippen molar-refractivity contribution in [2.24, 2.45) is 0 Å². The second-order valence-electron chi connectivity index (χ2n) is 15.5. The van der Waals surface area contributed by atoms with Gasteiger partial charge in [-0.2, -0.15) is 0 Å². The fraction of sp³-hybridized carbons (Fsp3) is 0.115. The molecule has 55 heavy (non-hydrogen) atoms. The molecule has 1 fully saturated rings. The largest absolute Gasteiger partial charge is 0.311 e. The molecule has 0 amide bonds. The number of rotatable bonds is 5. The van der Waals surface area contributed by atoms with E-state index in [9.17, 15) is 0 Å². The Balaban J connectivity index is 1.14. The van der Waals surface area contributed by atoms with E-state index in [0.717, 1.165) is 0 Å². The lowest BCUT2D eigenvalue weighted by Gasteiger charge is -2.45. The molecule has 3 aliphatic rings. The maximum absolute atomic E-state index is 2.57. The van der Waals surface area contributed by atoms with E-state index in [1.807, 2.05) is 0 Å². The van der Waals surface area contributed by atoms with Gasteiger partial charge in [0.05, 0.1) is 0 Å². The van der Waals surface area contributed by atoms with Crippen LogP contribution in [0.3, 0.4) is 0 Å². The maximum atomic E-state index is 2.57. The highest BCUT2D eigenvalue weighted by Crippen LogP contribution is 2.47. The van der Waals surface area contributed by atoms with E-state index in [2.05, 4.69) is 192 Å². The minimum absolute atomic E-state index is 0.123. The average Bonchev–Trinajstić information content (AvgIpc) is 3.26. The van der Waals surface area contributed by atoms with Crippen LogP contribution in [0.5, 0.6) is 0 Å². The van der Waals surface area contributed by atoms with Crippen LogP contribution in [-0.2, 0) is 0 Å². The second kappa shape index (κ2) is 13.2. The van der Waals surface area contributed by atoms with Crippen LogP contribution in [0.15, 0.2) is 182 Å². The molecule has 0 radical (unpaired) electrons. The number of benzene rings is 8. The standard InChI is InChI=1S/C52H41BN2/c1-3-15-36(16-4-1)40-21-13-22-43(33-40)55-49-28-12-10-26-47(49)53-46-25-9-11-27-48(46)54(50-34-41(35-51(55)52(50)53)37-17-5-2-6-18-37)42-31-29-39(30-32-42)45-24-14-20-38-19-7-8-23-44(38)45/h1,3-4,7-16,19-35,37H,2,5-6,17-18H2. The Morgan fingerprint density at radius 1 is 0.418 bits per heavy atom. The lowest BCUT2D eigenvalue weighted by molar-refractivity contribution is 0.444. The molecule has 11 rings (SSSR count). The fourth-order valence-electron chi connectivity index (χ4n) is 9.87. The van der Waals surface area contributed by atoms with Gasteiger partial charge in [0.25, 0.3) is 6.71 Å². The lowest BCUT2D eigenvalue weighted by atomic mass is 9.33. The Kier molecular flexibility index (Phi) is 7.72. The lowest BCUT2D eigenvalue weighted by Crippen LogP contribution is -2.61. The van der Waals surface area contributed by atoms with Crippen LogP contribution < -0.4 is 26.2 Å². The molecule has 2 heterocycles. The third kappa shape index (κ3) is 5.33. The number of anilines is 6. The Bertz CT molecular complexity index is 2710. The van der Waals surface area contributed by atoms with Gasteiger partial charge >= 0.3 is 0 Å². The Morgan fingerprint density at radius 2 is 1.02 bits per heavy atom. The van der Waals surface area contributed by atoms with Crippen LogP contribution in [0.25, 0.3) is 33.0 Å².